The number of likely N-dealkylation sites (tertiary alicyclic amines) is 1. The Labute approximate surface area is 162 Å². The first kappa shape index (κ1) is 19.8. The van der Waals surface area contributed by atoms with Crippen LogP contribution in [0.5, 0.6) is 5.75 Å². The summed E-state index contributed by atoms with van der Waals surface area (Å²) in [5.41, 5.74) is -0.0638. The number of halogens is 2. The normalized spacial score (nSPS) is 16.5. The Morgan fingerprint density at radius 1 is 1.14 bits per heavy atom. The third-order valence-corrected chi connectivity index (χ3v) is 4.66. The first-order valence-electron chi connectivity index (χ1n) is 9.24. The van der Waals surface area contributed by atoms with Crippen LogP contribution in [0.4, 0.5) is 14.5 Å². The standard InChI is InChI=1S/C21H22F2N2O3/c22-16-8-9-19(18(23)13-16)24-21(27)15-5-4-11-25(14-15)20(26)10-12-28-17-6-2-1-3-7-17/h1-3,6-9,13,15H,4-5,10-12,14H2,(H,24,27). The fourth-order valence-corrected chi connectivity index (χ4v) is 3.17. The first-order chi connectivity index (χ1) is 13.5. The van der Waals surface area contributed by atoms with Crippen molar-refractivity contribution in [1.29, 1.82) is 0 Å². The Kier molecular flexibility index (Phi) is 6.57. The van der Waals surface area contributed by atoms with Crippen molar-refractivity contribution >= 4 is 17.5 Å². The SMILES string of the molecule is O=C(Nc1ccc(F)cc1F)C1CCCN(C(=O)CCOc2ccccc2)C1. The predicted molar refractivity (Wildman–Crippen MR) is 101 cm³/mol. The zero-order valence-corrected chi connectivity index (χ0v) is 15.4. The minimum atomic E-state index is -0.824. The summed E-state index contributed by atoms with van der Waals surface area (Å²) in [7, 11) is 0. The minimum Gasteiger partial charge on any atom is -0.493 e. The number of piperidine rings is 1. The van der Waals surface area contributed by atoms with Crippen molar-refractivity contribution in [2.75, 3.05) is 25.0 Å². The highest BCUT2D eigenvalue weighted by atomic mass is 19.1. The Morgan fingerprint density at radius 2 is 1.93 bits per heavy atom. The zero-order valence-electron chi connectivity index (χ0n) is 15.4. The summed E-state index contributed by atoms with van der Waals surface area (Å²) in [6.07, 6.45) is 1.52. The predicted octanol–water partition coefficient (Wildman–Crippen LogP) is 3.61. The Balaban J connectivity index is 1.49. The maximum Gasteiger partial charge on any atom is 0.229 e. The summed E-state index contributed by atoms with van der Waals surface area (Å²) in [5.74, 6) is -1.72. The highest BCUT2D eigenvalue weighted by Gasteiger charge is 2.28. The van der Waals surface area contributed by atoms with E-state index in [0.29, 0.717) is 25.1 Å². The molecule has 7 heteroatoms. The van der Waals surface area contributed by atoms with Gasteiger partial charge in [-0.05, 0) is 37.1 Å². The monoisotopic (exact) mass is 388 g/mol. The number of carbonyl (C=O) groups excluding carboxylic acids is 2. The van der Waals surface area contributed by atoms with E-state index in [9.17, 15) is 18.4 Å². The molecule has 0 aliphatic carbocycles. The maximum absolute atomic E-state index is 13.7. The van der Waals surface area contributed by atoms with Crippen LogP contribution in [-0.4, -0.2) is 36.4 Å². The molecule has 1 aliphatic heterocycles. The topological polar surface area (TPSA) is 58.6 Å². The van der Waals surface area contributed by atoms with Gasteiger partial charge in [0.15, 0.2) is 0 Å². The summed E-state index contributed by atoms with van der Waals surface area (Å²) in [4.78, 5) is 26.5. The molecule has 28 heavy (non-hydrogen) atoms. The molecule has 1 saturated heterocycles. The molecule has 2 aromatic carbocycles. The molecule has 1 aliphatic rings. The number of benzene rings is 2. The molecule has 2 amide bonds. The number of carbonyl (C=O) groups is 2. The third kappa shape index (κ3) is 5.28. The van der Waals surface area contributed by atoms with Crippen LogP contribution in [0.3, 0.4) is 0 Å². The summed E-state index contributed by atoms with van der Waals surface area (Å²) in [6.45, 7) is 1.12. The average molecular weight is 388 g/mol. The van der Waals surface area contributed by atoms with E-state index in [2.05, 4.69) is 5.32 Å². The number of nitrogens with zero attached hydrogens (tertiary/aromatic N) is 1. The number of amides is 2. The number of hydrogen-bond acceptors (Lipinski definition) is 3. The Hall–Kier alpha value is -2.96. The van der Waals surface area contributed by atoms with Gasteiger partial charge >= 0.3 is 0 Å². The van der Waals surface area contributed by atoms with Crippen LogP contribution >= 0.6 is 0 Å². The van der Waals surface area contributed by atoms with E-state index in [0.717, 1.165) is 12.1 Å². The molecule has 148 valence electrons. The minimum absolute atomic E-state index is 0.0638. The van der Waals surface area contributed by atoms with Gasteiger partial charge in [-0.1, -0.05) is 18.2 Å². The summed E-state index contributed by atoms with van der Waals surface area (Å²) in [5, 5.41) is 2.49. The van der Waals surface area contributed by atoms with E-state index < -0.39 is 17.6 Å². The van der Waals surface area contributed by atoms with Gasteiger partial charge in [0.1, 0.15) is 17.4 Å². The van der Waals surface area contributed by atoms with Crippen molar-refractivity contribution in [2.45, 2.75) is 19.3 Å². The van der Waals surface area contributed by atoms with Gasteiger partial charge in [-0.3, -0.25) is 9.59 Å². The average Bonchev–Trinajstić information content (AvgIpc) is 2.71. The largest absolute Gasteiger partial charge is 0.493 e. The van der Waals surface area contributed by atoms with Gasteiger partial charge in [0.25, 0.3) is 0 Å². The molecule has 5 nitrogen and oxygen atoms in total. The van der Waals surface area contributed by atoms with Crippen molar-refractivity contribution in [3.63, 3.8) is 0 Å². The van der Waals surface area contributed by atoms with Gasteiger partial charge in [0.2, 0.25) is 11.8 Å². The van der Waals surface area contributed by atoms with E-state index >= 15 is 0 Å². The second kappa shape index (κ2) is 9.30. The van der Waals surface area contributed by atoms with Crippen LogP contribution in [0.25, 0.3) is 0 Å². The molecule has 1 N–H and O–H groups in total. The molecule has 0 radical (unpaired) electrons. The number of rotatable bonds is 6. The van der Waals surface area contributed by atoms with Gasteiger partial charge in [0, 0.05) is 19.2 Å². The number of nitrogens with one attached hydrogen (secondary N) is 1. The lowest BCUT2D eigenvalue weighted by atomic mass is 9.96. The number of ether oxygens (including phenoxy) is 1. The molecular weight excluding hydrogens is 366 g/mol. The molecule has 0 spiro atoms. The van der Waals surface area contributed by atoms with Crippen LogP contribution in [0, 0.1) is 17.6 Å². The van der Waals surface area contributed by atoms with Crippen molar-refractivity contribution in [3.8, 4) is 5.75 Å². The lowest BCUT2D eigenvalue weighted by molar-refractivity contribution is -0.135. The molecule has 1 heterocycles. The molecule has 1 fully saturated rings. The zero-order chi connectivity index (χ0) is 19.9. The summed E-state index contributed by atoms with van der Waals surface area (Å²) in [6, 6.07) is 12.2. The Bertz CT molecular complexity index is 830. The van der Waals surface area contributed by atoms with Gasteiger partial charge in [-0.15, -0.1) is 0 Å². The van der Waals surface area contributed by atoms with Crippen LogP contribution in [0.1, 0.15) is 19.3 Å². The van der Waals surface area contributed by atoms with Crippen molar-refractivity contribution in [3.05, 3.63) is 60.2 Å². The highest BCUT2D eigenvalue weighted by Crippen LogP contribution is 2.21. The van der Waals surface area contributed by atoms with Gasteiger partial charge in [0.05, 0.1) is 24.6 Å². The van der Waals surface area contributed by atoms with Crippen molar-refractivity contribution in [2.24, 2.45) is 5.92 Å². The molecule has 0 aromatic heterocycles. The molecule has 0 bridgehead atoms. The highest BCUT2D eigenvalue weighted by molar-refractivity contribution is 5.93. The number of hydrogen-bond donors (Lipinski definition) is 1. The third-order valence-electron chi connectivity index (χ3n) is 4.66. The fourth-order valence-electron chi connectivity index (χ4n) is 3.17. The van der Waals surface area contributed by atoms with Gasteiger partial charge in [-0.25, -0.2) is 8.78 Å². The van der Waals surface area contributed by atoms with Crippen molar-refractivity contribution in [1.82, 2.24) is 4.90 Å². The first-order valence-corrected chi connectivity index (χ1v) is 9.24. The molecule has 2 aromatic rings. The quantitative estimate of drug-likeness (QED) is 0.823. The Morgan fingerprint density at radius 3 is 2.68 bits per heavy atom. The summed E-state index contributed by atoms with van der Waals surface area (Å²) < 4.78 is 32.3. The molecular formula is C21H22F2N2O3. The van der Waals surface area contributed by atoms with Crippen LogP contribution < -0.4 is 10.1 Å². The number of anilines is 1. The lowest BCUT2D eigenvalue weighted by Gasteiger charge is -2.32. The number of para-hydroxylation sites is 1. The molecule has 1 atom stereocenters. The second-order valence-corrected chi connectivity index (χ2v) is 6.70. The maximum atomic E-state index is 13.7. The fraction of sp³-hybridized carbons (Fsp3) is 0.333. The molecule has 3 rings (SSSR count). The van der Waals surface area contributed by atoms with Crippen LogP contribution in [0.2, 0.25) is 0 Å². The van der Waals surface area contributed by atoms with Crippen LogP contribution in [-0.2, 0) is 9.59 Å². The lowest BCUT2D eigenvalue weighted by Crippen LogP contribution is -2.44. The van der Waals surface area contributed by atoms with E-state index in [-0.39, 0.29) is 37.1 Å². The van der Waals surface area contributed by atoms with E-state index in [1.54, 1.807) is 4.90 Å². The van der Waals surface area contributed by atoms with E-state index in [1.165, 1.54) is 6.07 Å². The second-order valence-electron chi connectivity index (χ2n) is 6.70. The molecule has 1 unspecified atom stereocenters. The van der Waals surface area contributed by atoms with E-state index in [1.807, 2.05) is 30.3 Å². The van der Waals surface area contributed by atoms with Crippen molar-refractivity contribution < 1.29 is 23.1 Å². The van der Waals surface area contributed by atoms with Crippen LogP contribution in [0.15, 0.2) is 48.5 Å². The van der Waals surface area contributed by atoms with E-state index in [4.69, 9.17) is 4.74 Å². The van der Waals surface area contributed by atoms with Gasteiger partial charge in [-0.2, -0.15) is 0 Å². The smallest absolute Gasteiger partial charge is 0.229 e. The van der Waals surface area contributed by atoms with Gasteiger partial charge < -0.3 is 15.0 Å². The molecule has 0 saturated carbocycles. The summed E-state index contributed by atoms with van der Waals surface area (Å²) >= 11 is 0.